The molecule has 148 valence electrons. The van der Waals surface area contributed by atoms with Crippen molar-refractivity contribution < 1.29 is 9.32 Å². The largest absolute Gasteiger partial charge is 0.335 e. The van der Waals surface area contributed by atoms with E-state index in [-0.39, 0.29) is 5.91 Å². The summed E-state index contributed by atoms with van der Waals surface area (Å²) in [4.78, 5) is 17.6. The van der Waals surface area contributed by atoms with Gasteiger partial charge in [-0.05, 0) is 43.3 Å². The summed E-state index contributed by atoms with van der Waals surface area (Å²) < 4.78 is 8.76. The molecule has 1 amide bonds. The Morgan fingerprint density at radius 2 is 2.00 bits per heavy atom. The highest BCUT2D eigenvalue weighted by molar-refractivity contribution is 6.13. The van der Waals surface area contributed by atoms with Gasteiger partial charge in [-0.3, -0.25) is 9.48 Å². The molecule has 1 aromatic carbocycles. The molecular formula is C21H17N7O2. The second kappa shape index (κ2) is 6.96. The number of hydrogen-bond acceptors (Lipinski definition) is 6. The second-order valence-corrected chi connectivity index (χ2v) is 6.86. The number of nitrogens with zero attached hydrogens (tertiary/aromatic N) is 6. The molecule has 0 bridgehead atoms. The molecule has 4 heterocycles. The number of anilines is 1. The first kappa shape index (κ1) is 17.8. The zero-order valence-electron chi connectivity index (χ0n) is 16.3. The first-order chi connectivity index (χ1) is 14.6. The Labute approximate surface area is 170 Å². The highest BCUT2D eigenvalue weighted by Crippen LogP contribution is 2.27. The Morgan fingerprint density at radius 3 is 2.70 bits per heavy atom. The fraction of sp³-hybridized carbons (Fsp3) is 0.0952. The lowest BCUT2D eigenvalue weighted by Gasteiger charge is -2.09. The summed E-state index contributed by atoms with van der Waals surface area (Å²) in [5.41, 5.74) is 4.30. The number of pyridine rings is 1. The third-order valence-electron chi connectivity index (χ3n) is 4.76. The molecule has 0 saturated carbocycles. The van der Waals surface area contributed by atoms with Crippen LogP contribution in [0.4, 0.5) is 5.69 Å². The quantitative estimate of drug-likeness (QED) is 0.497. The highest BCUT2D eigenvalue weighted by atomic mass is 16.5. The topological polar surface area (TPSA) is 104 Å². The van der Waals surface area contributed by atoms with Crippen molar-refractivity contribution >= 4 is 22.7 Å². The van der Waals surface area contributed by atoms with E-state index in [9.17, 15) is 4.79 Å². The molecule has 0 atom stereocenters. The molecule has 9 nitrogen and oxygen atoms in total. The smallest absolute Gasteiger partial charge is 0.259 e. The highest BCUT2D eigenvalue weighted by Gasteiger charge is 2.20. The van der Waals surface area contributed by atoms with E-state index in [0.29, 0.717) is 33.7 Å². The number of nitrogens with one attached hydrogen (secondary N) is 1. The molecule has 0 aliphatic heterocycles. The molecule has 0 aliphatic rings. The molecule has 9 heteroatoms. The fourth-order valence-electron chi connectivity index (χ4n) is 3.29. The Morgan fingerprint density at radius 1 is 1.17 bits per heavy atom. The van der Waals surface area contributed by atoms with E-state index in [4.69, 9.17) is 4.52 Å². The van der Waals surface area contributed by atoms with Crippen molar-refractivity contribution in [3.05, 3.63) is 72.4 Å². The SMILES string of the molecule is Cc1noc2nc(-c3cnn(C)c3)cc(C(=O)Nc3ccc(-n4cccn4)cc3)c12. The lowest BCUT2D eigenvalue weighted by atomic mass is 10.1. The van der Waals surface area contributed by atoms with E-state index >= 15 is 0 Å². The summed E-state index contributed by atoms with van der Waals surface area (Å²) >= 11 is 0. The number of carbonyl (C=O) groups excluding carboxylic acids is 1. The standard InChI is InChI=1S/C21H17N7O2/c1-13-19-17(10-18(25-21(19)30-26-13)14-11-23-27(2)12-14)20(29)24-15-4-6-16(7-5-15)28-9-3-8-22-28/h3-12H,1-2H3,(H,24,29). The van der Waals surface area contributed by atoms with Gasteiger partial charge in [-0.15, -0.1) is 0 Å². The predicted molar refractivity (Wildman–Crippen MR) is 110 cm³/mol. The van der Waals surface area contributed by atoms with Gasteiger partial charge in [-0.25, -0.2) is 9.67 Å². The lowest BCUT2D eigenvalue weighted by molar-refractivity contribution is 0.102. The third-order valence-corrected chi connectivity index (χ3v) is 4.76. The minimum Gasteiger partial charge on any atom is -0.335 e. The molecule has 5 aromatic rings. The maximum atomic E-state index is 13.1. The first-order valence-corrected chi connectivity index (χ1v) is 9.26. The van der Waals surface area contributed by atoms with Gasteiger partial charge in [0, 0.05) is 36.9 Å². The molecule has 0 unspecified atom stereocenters. The van der Waals surface area contributed by atoms with Crippen LogP contribution in [0.3, 0.4) is 0 Å². The van der Waals surface area contributed by atoms with Gasteiger partial charge in [0.1, 0.15) is 0 Å². The normalized spacial score (nSPS) is 11.1. The Kier molecular flexibility index (Phi) is 4.13. The van der Waals surface area contributed by atoms with Crippen LogP contribution < -0.4 is 5.32 Å². The summed E-state index contributed by atoms with van der Waals surface area (Å²) in [6, 6.07) is 11.0. The predicted octanol–water partition coefficient (Wildman–Crippen LogP) is 3.37. The summed E-state index contributed by atoms with van der Waals surface area (Å²) in [5, 5.41) is 15.9. The van der Waals surface area contributed by atoms with E-state index in [1.54, 1.807) is 34.7 Å². The minimum atomic E-state index is -0.273. The second-order valence-electron chi connectivity index (χ2n) is 6.86. The van der Waals surface area contributed by atoms with Gasteiger partial charge in [0.25, 0.3) is 11.6 Å². The van der Waals surface area contributed by atoms with Crippen LogP contribution in [0.25, 0.3) is 28.0 Å². The average molecular weight is 399 g/mol. The van der Waals surface area contributed by atoms with Crippen LogP contribution in [-0.2, 0) is 7.05 Å². The van der Waals surface area contributed by atoms with Gasteiger partial charge in [0.05, 0.1) is 34.2 Å². The number of amides is 1. The Balaban J connectivity index is 1.50. The zero-order valence-corrected chi connectivity index (χ0v) is 16.3. The maximum absolute atomic E-state index is 13.1. The van der Waals surface area contributed by atoms with Crippen molar-refractivity contribution in [3.63, 3.8) is 0 Å². The van der Waals surface area contributed by atoms with Crippen molar-refractivity contribution in [3.8, 4) is 16.9 Å². The summed E-state index contributed by atoms with van der Waals surface area (Å²) in [5.74, 6) is -0.273. The maximum Gasteiger partial charge on any atom is 0.259 e. The van der Waals surface area contributed by atoms with Crippen LogP contribution in [0.15, 0.2) is 65.7 Å². The molecular weight excluding hydrogens is 382 g/mol. The van der Waals surface area contributed by atoms with Crippen LogP contribution in [0.5, 0.6) is 0 Å². The monoisotopic (exact) mass is 399 g/mol. The fourth-order valence-corrected chi connectivity index (χ4v) is 3.29. The molecule has 30 heavy (non-hydrogen) atoms. The van der Waals surface area contributed by atoms with Gasteiger partial charge < -0.3 is 9.84 Å². The average Bonchev–Trinajstić information content (AvgIpc) is 3.50. The van der Waals surface area contributed by atoms with E-state index in [1.807, 2.05) is 49.8 Å². The van der Waals surface area contributed by atoms with Crippen molar-refractivity contribution in [2.45, 2.75) is 6.92 Å². The number of hydrogen-bond donors (Lipinski definition) is 1. The van der Waals surface area contributed by atoms with Gasteiger partial charge in [0.15, 0.2) is 0 Å². The van der Waals surface area contributed by atoms with Crippen LogP contribution in [0.2, 0.25) is 0 Å². The third kappa shape index (κ3) is 3.12. The number of aryl methyl sites for hydroxylation is 2. The number of benzene rings is 1. The Bertz CT molecular complexity index is 1350. The van der Waals surface area contributed by atoms with Gasteiger partial charge in [0.2, 0.25) is 0 Å². The van der Waals surface area contributed by atoms with Crippen molar-refractivity contribution in [1.29, 1.82) is 0 Å². The van der Waals surface area contributed by atoms with E-state index < -0.39 is 0 Å². The number of aromatic nitrogens is 6. The van der Waals surface area contributed by atoms with Crippen molar-refractivity contribution in [1.82, 2.24) is 29.7 Å². The molecule has 0 fully saturated rings. The van der Waals surface area contributed by atoms with Gasteiger partial charge in [-0.2, -0.15) is 10.2 Å². The van der Waals surface area contributed by atoms with Gasteiger partial charge in [-0.1, -0.05) is 5.16 Å². The zero-order chi connectivity index (χ0) is 20.7. The molecule has 0 saturated heterocycles. The minimum absolute atomic E-state index is 0.273. The number of fused-ring (bicyclic) bond motifs is 1. The lowest BCUT2D eigenvalue weighted by Crippen LogP contribution is -2.13. The van der Waals surface area contributed by atoms with Crippen LogP contribution in [0.1, 0.15) is 16.1 Å². The number of rotatable bonds is 4. The summed E-state index contributed by atoms with van der Waals surface area (Å²) in [6.45, 7) is 1.78. The Hall–Kier alpha value is -4.27. The molecule has 0 aliphatic carbocycles. The molecule has 5 rings (SSSR count). The number of carbonyl (C=O) groups is 1. The van der Waals surface area contributed by atoms with Crippen LogP contribution in [0, 0.1) is 6.92 Å². The van der Waals surface area contributed by atoms with Crippen molar-refractivity contribution in [2.24, 2.45) is 7.05 Å². The van der Waals surface area contributed by atoms with E-state index in [1.165, 1.54) is 0 Å². The van der Waals surface area contributed by atoms with Crippen molar-refractivity contribution in [2.75, 3.05) is 5.32 Å². The van der Waals surface area contributed by atoms with Crippen LogP contribution >= 0.6 is 0 Å². The van der Waals surface area contributed by atoms with E-state index in [0.717, 1.165) is 11.3 Å². The first-order valence-electron chi connectivity index (χ1n) is 9.26. The molecule has 1 N–H and O–H groups in total. The summed E-state index contributed by atoms with van der Waals surface area (Å²) in [6.07, 6.45) is 7.08. The van der Waals surface area contributed by atoms with E-state index in [2.05, 4.69) is 25.7 Å². The van der Waals surface area contributed by atoms with Gasteiger partial charge >= 0.3 is 0 Å². The molecule has 0 radical (unpaired) electrons. The molecule has 0 spiro atoms. The molecule has 4 aromatic heterocycles. The van der Waals surface area contributed by atoms with Crippen LogP contribution in [-0.4, -0.2) is 35.6 Å². The summed E-state index contributed by atoms with van der Waals surface area (Å²) in [7, 11) is 1.82.